The van der Waals surface area contributed by atoms with E-state index in [1.807, 2.05) is 11.8 Å². The van der Waals surface area contributed by atoms with Gasteiger partial charge in [-0.05, 0) is 18.2 Å². The molecule has 2 aliphatic rings. The molecule has 1 fully saturated rings. The predicted octanol–water partition coefficient (Wildman–Crippen LogP) is 4.31. The van der Waals surface area contributed by atoms with Crippen molar-refractivity contribution in [3.05, 3.63) is 65.9 Å². The number of aromatic nitrogens is 1. The third-order valence-corrected chi connectivity index (χ3v) is 6.22. The molecule has 2 aliphatic heterocycles. The van der Waals surface area contributed by atoms with Crippen molar-refractivity contribution in [2.75, 3.05) is 36.0 Å². The summed E-state index contributed by atoms with van der Waals surface area (Å²) in [5, 5.41) is 1.32. The van der Waals surface area contributed by atoms with E-state index in [4.69, 9.17) is 4.98 Å². The van der Waals surface area contributed by atoms with Crippen molar-refractivity contribution in [1.82, 2.24) is 4.98 Å². The molecule has 0 saturated carbocycles. The lowest BCUT2D eigenvalue weighted by Gasteiger charge is -2.38. The third-order valence-electron chi connectivity index (χ3n) is 5.25. The van der Waals surface area contributed by atoms with E-state index in [9.17, 15) is 0 Å². The molecule has 3 nitrogen and oxygen atoms in total. The number of rotatable bonds is 2. The second-order valence-corrected chi connectivity index (χ2v) is 7.69. The van der Waals surface area contributed by atoms with Gasteiger partial charge in [0.25, 0.3) is 0 Å². The number of fused-ring (bicyclic) bond motifs is 2. The second kappa shape index (κ2) is 6.26. The van der Waals surface area contributed by atoms with Crippen molar-refractivity contribution in [3.8, 4) is 0 Å². The van der Waals surface area contributed by atoms with Crippen LogP contribution in [-0.4, -0.2) is 31.2 Å². The molecule has 126 valence electrons. The van der Waals surface area contributed by atoms with Gasteiger partial charge in [-0.15, -0.1) is 0 Å². The Morgan fingerprint density at radius 3 is 2.32 bits per heavy atom. The fourth-order valence-electron chi connectivity index (χ4n) is 3.99. The highest BCUT2D eigenvalue weighted by Gasteiger charge is 2.26. The molecule has 5 rings (SSSR count). The Morgan fingerprint density at radius 2 is 1.48 bits per heavy atom. The number of pyridine rings is 1. The highest BCUT2D eigenvalue weighted by molar-refractivity contribution is 7.98. The summed E-state index contributed by atoms with van der Waals surface area (Å²) in [4.78, 5) is 10.0. The van der Waals surface area contributed by atoms with Crippen molar-refractivity contribution < 1.29 is 0 Å². The molecule has 1 aromatic heterocycles. The first-order chi connectivity index (χ1) is 12.4. The molecule has 2 aromatic carbocycles. The number of benzene rings is 2. The summed E-state index contributed by atoms with van der Waals surface area (Å²) in [7, 11) is 0. The Labute approximate surface area is 152 Å². The highest BCUT2D eigenvalue weighted by atomic mass is 32.2. The number of piperazine rings is 1. The Bertz CT molecular complexity index is 902. The molecule has 0 spiro atoms. The number of nitrogens with zero attached hydrogens (tertiary/aromatic N) is 3. The number of thioether (sulfide) groups is 1. The van der Waals surface area contributed by atoms with Crippen molar-refractivity contribution in [2.24, 2.45) is 0 Å². The smallest absolute Gasteiger partial charge is 0.0726 e. The summed E-state index contributed by atoms with van der Waals surface area (Å²) >= 11 is 1.99. The van der Waals surface area contributed by atoms with E-state index in [0.717, 1.165) is 43.2 Å². The molecular formula is C21H21N3S. The molecule has 1 saturated heterocycles. The van der Waals surface area contributed by atoms with E-state index in [2.05, 4.69) is 64.4 Å². The molecule has 0 N–H and O–H groups in total. The first-order valence-corrected chi connectivity index (χ1v) is 10.1. The summed E-state index contributed by atoms with van der Waals surface area (Å²) in [6.45, 7) is 4.28. The lowest BCUT2D eigenvalue weighted by molar-refractivity contribution is 0.653. The average molecular weight is 347 g/mol. The van der Waals surface area contributed by atoms with Gasteiger partial charge in [-0.1, -0.05) is 36.4 Å². The molecule has 3 aromatic rings. The number of hydrogen-bond acceptors (Lipinski definition) is 4. The van der Waals surface area contributed by atoms with Crippen molar-refractivity contribution >= 4 is 34.0 Å². The van der Waals surface area contributed by atoms with Crippen LogP contribution < -0.4 is 9.80 Å². The average Bonchev–Trinajstić information content (AvgIpc) is 3.15. The van der Waals surface area contributed by atoms with Crippen LogP contribution in [0.5, 0.6) is 0 Å². The van der Waals surface area contributed by atoms with Crippen molar-refractivity contribution in [2.45, 2.75) is 11.5 Å². The summed E-state index contributed by atoms with van der Waals surface area (Å²) in [6, 6.07) is 19.4. The minimum atomic E-state index is 1.05. The quantitative estimate of drug-likeness (QED) is 0.688. The zero-order chi connectivity index (χ0) is 16.6. The Hall–Kier alpha value is -2.20. The van der Waals surface area contributed by atoms with Crippen LogP contribution in [0, 0.1) is 0 Å². The molecule has 0 aliphatic carbocycles. The van der Waals surface area contributed by atoms with Gasteiger partial charge in [-0.3, -0.25) is 4.98 Å². The van der Waals surface area contributed by atoms with Crippen molar-refractivity contribution in [3.63, 3.8) is 0 Å². The Morgan fingerprint density at radius 1 is 0.760 bits per heavy atom. The van der Waals surface area contributed by atoms with E-state index in [1.54, 1.807) is 0 Å². The lowest BCUT2D eigenvalue weighted by atomic mass is 10.1. The molecule has 3 heterocycles. The predicted molar refractivity (Wildman–Crippen MR) is 108 cm³/mol. The van der Waals surface area contributed by atoms with Crippen molar-refractivity contribution in [1.29, 1.82) is 0 Å². The summed E-state index contributed by atoms with van der Waals surface area (Å²) in [5.74, 6) is 2.15. The van der Waals surface area contributed by atoms with E-state index in [1.165, 1.54) is 28.0 Å². The fraction of sp³-hybridized carbons (Fsp3) is 0.286. The maximum Gasteiger partial charge on any atom is 0.0726 e. The highest BCUT2D eigenvalue weighted by Crippen LogP contribution is 2.40. The van der Waals surface area contributed by atoms with Gasteiger partial charge in [0.1, 0.15) is 0 Å². The normalized spacial score (nSPS) is 17.1. The number of anilines is 2. The SMILES string of the molecule is c1ccc(N2CCN(c3c4c(nc5ccccc35)CSC4)CC2)cc1. The van der Waals surface area contributed by atoms with Crippen LogP contribution >= 0.6 is 11.8 Å². The fourth-order valence-corrected chi connectivity index (χ4v) is 5.03. The van der Waals surface area contributed by atoms with E-state index in [-0.39, 0.29) is 0 Å². The second-order valence-electron chi connectivity index (χ2n) is 6.71. The van der Waals surface area contributed by atoms with Crippen LogP contribution in [0.4, 0.5) is 11.4 Å². The minimum Gasteiger partial charge on any atom is -0.368 e. The summed E-state index contributed by atoms with van der Waals surface area (Å²) in [5.41, 5.74) is 6.69. The van der Waals surface area contributed by atoms with Crippen LogP contribution in [0.25, 0.3) is 10.9 Å². The Kier molecular flexibility index (Phi) is 3.78. The zero-order valence-corrected chi connectivity index (χ0v) is 15.0. The third kappa shape index (κ3) is 2.65. The van der Waals surface area contributed by atoms with Crippen LogP contribution in [-0.2, 0) is 11.5 Å². The monoisotopic (exact) mass is 347 g/mol. The maximum absolute atomic E-state index is 4.92. The molecule has 4 heteroatoms. The topological polar surface area (TPSA) is 19.4 Å². The first kappa shape index (κ1) is 15.1. The summed E-state index contributed by atoms with van der Waals surface area (Å²) < 4.78 is 0. The molecule has 0 unspecified atom stereocenters. The van der Waals surface area contributed by atoms with Gasteiger partial charge in [0.05, 0.1) is 16.9 Å². The first-order valence-electron chi connectivity index (χ1n) is 8.93. The molecular weight excluding hydrogens is 326 g/mol. The largest absolute Gasteiger partial charge is 0.368 e. The number of para-hydroxylation sites is 2. The minimum absolute atomic E-state index is 1.05. The van der Waals surface area contributed by atoms with Gasteiger partial charge in [-0.2, -0.15) is 11.8 Å². The Balaban J connectivity index is 1.49. The van der Waals surface area contributed by atoms with Crippen LogP contribution in [0.3, 0.4) is 0 Å². The number of hydrogen-bond donors (Lipinski definition) is 0. The standard InChI is InChI=1S/C21H21N3S/c1-2-6-16(7-3-1)23-10-12-24(13-11-23)21-17-8-4-5-9-19(17)22-20-15-25-14-18(20)21/h1-9H,10-15H2. The maximum atomic E-state index is 4.92. The van der Waals surface area contributed by atoms with E-state index >= 15 is 0 Å². The van der Waals surface area contributed by atoms with E-state index < -0.39 is 0 Å². The van der Waals surface area contributed by atoms with Crippen LogP contribution in [0.2, 0.25) is 0 Å². The van der Waals surface area contributed by atoms with E-state index in [0.29, 0.717) is 0 Å². The van der Waals surface area contributed by atoms with Gasteiger partial charge in [-0.25, -0.2) is 0 Å². The molecule has 0 amide bonds. The molecule has 25 heavy (non-hydrogen) atoms. The molecule has 0 radical (unpaired) electrons. The zero-order valence-electron chi connectivity index (χ0n) is 14.2. The lowest BCUT2D eigenvalue weighted by Crippen LogP contribution is -2.47. The van der Waals surface area contributed by atoms with Gasteiger partial charge >= 0.3 is 0 Å². The summed E-state index contributed by atoms with van der Waals surface area (Å²) in [6.07, 6.45) is 0. The molecule has 0 atom stereocenters. The van der Waals surface area contributed by atoms with Crippen LogP contribution in [0.1, 0.15) is 11.3 Å². The van der Waals surface area contributed by atoms with Gasteiger partial charge in [0.15, 0.2) is 0 Å². The van der Waals surface area contributed by atoms with Gasteiger partial charge < -0.3 is 9.80 Å². The van der Waals surface area contributed by atoms with Crippen LogP contribution in [0.15, 0.2) is 54.6 Å². The molecule has 0 bridgehead atoms. The van der Waals surface area contributed by atoms with Gasteiger partial charge in [0.2, 0.25) is 0 Å². The van der Waals surface area contributed by atoms with Gasteiger partial charge in [0, 0.05) is 54.3 Å².